The molecule has 0 radical (unpaired) electrons. The number of aryl methyl sites for hydroxylation is 1. The number of aromatic nitrogens is 4. The number of halogens is 1. The van der Waals surface area contributed by atoms with Gasteiger partial charge in [-0.05, 0) is 30.7 Å². The lowest BCUT2D eigenvalue weighted by atomic mass is 10.2. The minimum absolute atomic E-state index is 0.141. The zero-order valence-electron chi connectivity index (χ0n) is 16.3. The molecule has 0 spiro atoms. The largest absolute Gasteiger partial charge is 0.470 e. The first kappa shape index (κ1) is 19.7. The molecule has 1 amide bonds. The van der Waals surface area contributed by atoms with Crippen LogP contribution in [-0.4, -0.2) is 25.5 Å². The summed E-state index contributed by atoms with van der Waals surface area (Å²) in [5.41, 5.74) is 2.36. The van der Waals surface area contributed by atoms with Gasteiger partial charge in [0.05, 0.1) is 11.6 Å². The minimum atomic E-state index is -0.337. The molecule has 0 saturated heterocycles. The third-order valence-corrected chi connectivity index (χ3v) is 4.77. The molecule has 2 heterocycles. The van der Waals surface area contributed by atoms with Crippen molar-refractivity contribution in [2.75, 3.05) is 5.32 Å². The molecular formula is C22H20ClN5O2. The van der Waals surface area contributed by atoms with Gasteiger partial charge in [-0.15, -0.1) is 0 Å². The molecule has 0 aliphatic heterocycles. The Morgan fingerprint density at radius 1 is 1.07 bits per heavy atom. The average Bonchev–Trinajstić information content (AvgIpc) is 3.35. The van der Waals surface area contributed by atoms with Gasteiger partial charge in [-0.25, -0.2) is 4.68 Å². The summed E-state index contributed by atoms with van der Waals surface area (Å²) in [5.74, 6) is 0.700. The van der Waals surface area contributed by atoms with Gasteiger partial charge in [0.15, 0.2) is 18.2 Å². The smallest absolute Gasteiger partial charge is 0.277 e. The molecule has 0 aliphatic rings. The summed E-state index contributed by atoms with van der Waals surface area (Å²) >= 11 is 6.07. The van der Waals surface area contributed by atoms with Gasteiger partial charge in [-0.3, -0.25) is 9.48 Å². The fourth-order valence-electron chi connectivity index (χ4n) is 2.92. The number of hydrogen-bond acceptors (Lipinski definition) is 4. The maximum absolute atomic E-state index is 12.5. The van der Waals surface area contributed by atoms with E-state index in [1.807, 2.05) is 60.1 Å². The minimum Gasteiger partial charge on any atom is -0.470 e. The van der Waals surface area contributed by atoms with Gasteiger partial charge in [0.25, 0.3) is 5.91 Å². The molecule has 2 aromatic carbocycles. The highest BCUT2D eigenvalue weighted by Crippen LogP contribution is 2.23. The fourth-order valence-corrected chi connectivity index (χ4v) is 3.11. The van der Waals surface area contributed by atoms with Crippen molar-refractivity contribution in [1.82, 2.24) is 19.6 Å². The topological polar surface area (TPSA) is 74.0 Å². The van der Waals surface area contributed by atoms with E-state index >= 15 is 0 Å². The van der Waals surface area contributed by atoms with Crippen LogP contribution in [0.15, 0.2) is 72.9 Å². The Kier molecular flexibility index (Phi) is 5.81. The number of anilines is 1. The van der Waals surface area contributed by atoms with E-state index in [1.165, 1.54) is 4.68 Å². The van der Waals surface area contributed by atoms with Crippen molar-refractivity contribution in [2.45, 2.75) is 20.2 Å². The van der Waals surface area contributed by atoms with E-state index in [9.17, 15) is 4.79 Å². The molecule has 0 atom stereocenters. The number of amides is 1. The number of para-hydroxylation sites is 1. The number of carbonyl (C=O) groups is 1. The zero-order chi connectivity index (χ0) is 20.9. The van der Waals surface area contributed by atoms with E-state index < -0.39 is 0 Å². The van der Waals surface area contributed by atoms with Crippen LogP contribution in [0.4, 0.5) is 5.82 Å². The van der Waals surface area contributed by atoms with Crippen LogP contribution in [0.5, 0.6) is 5.75 Å². The Hall–Kier alpha value is -3.58. The number of nitrogens with zero attached hydrogens (tertiary/aromatic N) is 4. The van der Waals surface area contributed by atoms with E-state index in [2.05, 4.69) is 15.5 Å². The Bertz CT molecular complexity index is 1150. The predicted octanol–water partition coefficient (Wildman–Crippen LogP) is 4.38. The number of hydrogen-bond donors (Lipinski definition) is 1. The molecule has 7 nitrogen and oxygen atoms in total. The molecule has 2 aromatic heterocycles. The van der Waals surface area contributed by atoms with Gasteiger partial charge in [0.2, 0.25) is 0 Å². The van der Waals surface area contributed by atoms with Crippen LogP contribution in [-0.2, 0) is 13.3 Å². The zero-order valence-corrected chi connectivity index (χ0v) is 17.1. The summed E-state index contributed by atoms with van der Waals surface area (Å²) in [4.78, 5) is 12.5. The third kappa shape index (κ3) is 4.69. The monoisotopic (exact) mass is 421 g/mol. The first-order valence-corrected chi connectivity index (χ1v) is 9.77. The predicted molar refractivity (Wildman–Crippen MR) is 115 cm³/mol. The lowest BCUT2D eigenvalue weighted by molar-refractivity contribution is 0.101. The molecule has 30 heavy (non-hydrogen) atoms. The third-order valence-electron chi connectivity index (χ3n) is 4.46. The number of benzene rings is 2. The number of rotatable bonds is 7. The Morgan fingerprint density at radius 3 is 2.63 bits per heavy atom. The summed E-state index contributed by atoms with van der Waals surface area (Å²) in [6.07, 6.45) is 1.67. The summed E-state index contributed by atoms with van der Waals surface area (Å²) in [5, 5.41) is 12.0. The SMILES string of the molecule is Cc1cc(NC(=O)c2ccn(COc3ccccc3Cl)n2)nn1Cc1ccccc1. The van der Waals surface area contributed by atoms with Crippen LogP contribution < -0.4 is 10.1 Å². The van der Waals surface area contributed by atoms with Crippen molar-refractivity contribution in [3.63, 3.8) is 0 Å². The molecule has 4 rings (SSSR count). The summed E-state index contributed by atoms with van der Waals surface area (Å²) in [7, 11) is 0. The van der Waals surface area contributed by atoms with Gasteiger partial charge >= 0.3 is 0 Å². The second-order valence-electron chi connectivity index (χ2n) is 6.71. The van der Waals surface area contributed by atoms with Crippen molar-refractivity contribution in [3.8, 4) is 5.75 Å². The Labute approximate surface area is 178 Å². The maximum Gasteiger partial charge on any atom is 0.277 e. The van der Waals surface area contributed by atoms with E-state index in [-0.39, 0.29) is 18.3 Å². The van der Waals surface area contributed by atoms with Crippen LogP contribution >= 0.6 is 11.6 Å². The highest BCUT2D eigenvalue weighted by atomic mass is 35.5. The lowest BCUT2D eigenvalue weighted by Crippen LogP contribution is -2.15. The second kappa shape index (κ2) is 8.84. The van der Waals surface area contributed by atoms with E-state index in [0.717, 1.165) is 11.3 Å². The Morgan fingerprint density at radius 2 is 1.83 bits per heavy atom. The molecule has 8 heteroatoms. The lowest BCUT2D eigenvalue weighted by Gasteiger charge is -2.07. The molecule has 0 unspecified atom stereocenters. The van der Waals surface area contributed by atoms with Gasteiger partial charge in [-0.1, -0.05) is 54.1 Å². The first-order chi connectivity index (χ1) is 14.6. The normalized spacial score (nSPS) is 10.7. The average molecular weight is 422 g/mol. The molecule has 4 aromatic rings. The van der Waals surface area contributed by atoms with Crippen molar-refractivity contribution in [3.05, 3.63) is 94.9 Å². The molecule has 0 saturated carbocycles. The molecule has 0 fully saturated rings. The van der Waals surface area contributed by atoms with Crippen molar-refractivity contribution in [2.24, 2.45) is 0 Å². The molecule has 152 valence electrons. The van der Waals surface area contributed by atoms with Gasteiger partial charge < -0.3 is 10.1 Å². The molecule has 1 N–H and O–H groups in total. The van der Waals surface area contributed by atoms with Crippen molar-refractivity contribution in [1.29, 1.82) is 0 Å². The van der Waals surface area contributed by atoms with Gasteiger partial charge in [-0.2, -0.15) is 10.2 Å². The van der Waals surface area contributed by atoms with Crippen LogP contribution in [0, 0.1) is 6.92 Å². The first-order valence-electron chi connectivity index (χ1n) is 9.39. The highest BCUT2D eigenvalue weighted by Gasteiger charge is 2.13. The number of nitrogens with one attached hydrogen (secondary N) is 1. The molecule has 0 bridgehead atoms. The number of ether oxygens (including phenoxy) is 1. The summed E-state index contributed by atoms with van der Waals surface area (Å²) in [6, 6.07) is 20.7. The van der Waals surface area contributed by atoms with E-state index in [4.69, 9.17) is 16.3 Å². The van der Waals surface area contributed by atoms with Crippen LogP contribution in [0.2, 0.25) is 5.02 Å². The van der Waals surface area contributed by atoms with Crippen LogP contribution in [0.3, 0.4) is 0 Å². The Balaban J connectivity index is 1.37. The molecule has 0 aliphatic carbocycles. The van der Waals surface area contributed by atoms with Crippen molar-refractivity contribution >= 4 is 23.3 Å². The van der Waals surface area contributed by atoms with Gasteiger partial charge in [0.1, 0.15) is 5.75 Å². The van der Waals surface area contributed by atoms with E-state index in [0.29, 0.717) is 23.1 Å². The van der Waals surface area contributed by atoms with E-state index in [1.54, 1.807) is 24.4 Å². The summed E-state index contributed by atoms with van der Waals surface area (Å²) < 4.78 is 9.00. The highest BCUT2D eigenvalue weighted by molar-refractivity contribution is 6.32. The fraction of sp³-hybridized carbons (Fsp3) is 0.136. The quantitative estimate of drug-likeness (QED) is 0.480. The van der Waals surface area contributed by atoms with Gasteiger partial charge in [0, 0.05) is 18.0 Å². The standard InChI is InChI=1S/C22H20ClN5O2/c1-16-13-21(26-28(16)14-17-7-3-2-4-8-17)24-22(29)19-11-12-27(25-19)15-30-20-10-6-5-9-18(20)23/h2-13H,14-15H2,1H3,(H,24,26,29). The van der Waals surface area contributed by atoms with Crippen LogP contribution in [0.25, 0.3) is 0 Å². The van der Waals surface area contributed by atoms with Crippen molar-refractivity contribution < 1.29 is 9.53 Å². The number of carbonyl (C=O) groups excluding carboxylic acids is 1. The van der Waals surface area contributed by atoms with Crippen LogP contribution in [0.1, 0.15) is 21.7 Å². The maximum atomic E-state index is 12.5. The summed E-state index contributed by atoms with van der Waals surface area (Å²) in [6.45, 7) is 2.73. The molecular weight excluding hydrogens is 402 g/mol. The second-order valence-corrected chi connectivity index (χ2v) is 7.12.